The molecule has 27 heavy (non-hydrogen) atoms. The van der Waals surface area contributed by atoms with Gasteiger partial charge < -0.3 is 16.0 Å². The molecule has 0 radical (unpaired) electrons. The van der Waals surface area contributed by atoms with Crippen LogP contribution in [0.3, 0.4) is 0 Å². The topological polar surface area (TPSA) is 87.3 Å². The van der Waals surface area contributed by atoms with Gasteiger partial charge in [0.2, 0.25) is 17.7 Å². The summed E-state index contributed by atoms with van der Waals surface area (Å²) in [6, 6.07) is 16.0. The Kier molecular flexibility index (Phi) is 5.86. The molecule has 2 aromatic carbocycles. The standard InChI is InChI=1S/C21H23N3O3/c1-14(25)22-19(15-5-3-2-4-6-15)13-20(26)23-17-9-11-18(12-10-17)24-21(27)16-7-8-16/h2-6,9-12,16,19H,7-8,13H2,1H3,(H,22,25)(H,23,26)(H,24,27). The highest BCUT2D eigenvalue weighted by molar-refractivity contribution is 5.95. The molecule has 3 amide bonds. The van der Waals surface area contributed by atoms with Crippen molar-refractivity contribution in [3.8, 4) is 0 Å². The molecule has 0 bridgehead atoms. The normalized spacial score (nSPS) is 14.1. The first-order chi connectivity index (χ1) is 13.0. The number of carbonyl (C=O) groups is 3. The van der Waals surface area contributed by atoms with Crippen LogP contribution in [0.5, 0.6) is 0 Å². The third-order valence-corrected chi connectivity index (χ3v) is 4.35. The molecule has 2 aromatic rings. The molecule has 0 aliphatic heterocycles. The van der Waals surface area contributed by atoms with Gasteiger partial charge in [-0.25, -0.2) is 0 Å². The SMILES string of the molecule is CC(=O)NC(CC(=O)Nc1ccc(NC(=O)C2CC2)cc1)c1ccccc1. The average molecular weight is 365 g/mol. The van der Waals surface area contributed by atoms with Crippen LogP contribution in [0.1, 0.15) is 37.8 Å². The number of carbonyl (C=O) groups excluding carboxylic acids is 3. The van der Waals surface area contributed by atoms with Crippen LogP contribution >= 0.6 is 0 Å². The van der Waals surface area contributed by atoms with Crippen LogP contribution in [-0.4, -0.2) is 17.7 Å². The van der Waals surface area contributed by atoms with Crippen molar-refractivity contribution in [2.24, 2.45) is 5.92 Å². The lowest BCUT2D eigenvalue weighted by Gasteiger charge is -2.18. The fourth-order valence-electron chi connectivity index (χ4n) is 2.81. The van der Waals surface area contributed by atoms with Crippen LogP contribution < -0.4 is 16.0 Å². The third kappa shape index (κ3) is 5.67. The molecule has 140 valence electrons. The molecule has 1 atom stereocenters. The molecule has 1 saturated carbocycles. The summed E-state index contributed by atoms with van der Waals surface area (Å²) < 4.78 is 0. The first kappa shape index (κ1) is 18.6. The summed E-state index contributed by atoms with van der Waals surface area (Å²) in [6.45, 7) is 1.43. The monoisotopic (exact) mass is 365 g/mol. The predicted molar refractivity (Wildman–Crippen MR) is 104 cm³/mol. The highest BCUT2D eigenvalue weighted by Crippen LogP contribution is 2.30. The summed E-state index contributed by atoms with van der Waals surface area (Å²) >= 11 is 0. The fraction of sp³-hybridized carbons (Fsp3) is 0.286. The van der Waals surface area contributed by atoms with Gasteiger partial charge in [0, 0.05) is 24.2 Å². The number of hydrogen-bond donors (Lipinski definition) is 3. The van der Waals surface area contributed by atoms with E-state index < -0.39 is 0 Å². The van der Waals surface area contributed by atoms with Gasteiger partial charge in [-0.3, -0.25) is 14.4 Å². The zero-order valence-electron chi connectivity index (χ0n) is 15.2. The van der Waals surface area contributed by atoms with E-state index in [0.29, 0.717) is 11.4 Å². The Morgan fingerprint density at radius 1 is 0.926 bits per heavy atom. The Morgan fingerprint density at radius 2 is 1.52 bits per heavy atom. The number of amides is 3. The second kappa shape index (κ2) is 8.49. The zero-order valence-corrected chi connectivity index (χ0v) is 15.2. The van der Waals surface area contributed by atoms with Gasteiger partial charge in [-0.2, -0.15) is 0 Å². The van der Waals surface area contributed by atoms with E-state index >= 15 is 0 Å². The van der Waals surface area contributed by atoms with Gasteiger partial charge in [0.15, 0.2) is 0 Å². The molecule has 6 heteroatoms. The van der Waals surface area contributed by atoms with Crippen LogP contribution in [0, 0.1) is 5.92 Å². The number of nitrogens with one attached hydrogen (secondary N) is 3. The second-order valence-electron chi connectivity index (χ2n) is 6.76. The van der Waals surface area contributed by atoms with Gasteiger partial charge in [0.1, 0.15) is 0 Å². The van der Waals surface area contributed by atoms with Crippen molar-refractivity contribution in [3.63, 3.8) is 0 Å². The molecule has 1 aliphatic rings. The Bertz CT molecular complexity index is 814. The minimum atomic E-state index is -0.388. The van der Waals surface area contributed by atoms with Gasteiger partial charge in [-0.05, 0) is 42.7 Å². The van der Waals surface area contributed by atoms with Crippen LogP contribution in [-0.2, 0) is 14.4 Å². The maximum absolute atomic E-state index is 12.4. The predicted octanol–water partition coefficient (Wildman–Crippen LogP) is 3.24. The number of anilines is 2. The molecular weight excluding hydrogens is 342 g/mol. The van der Waals surface area contributed by atoms with Gasteiger partial charge in [-0.1, -0.05) is 30.3 Å². The summed E-state index contributed by atoms with van der Waals surface area (Å²) in [6.07, 6.45) is 2.04. The molecule has 1 aliphatic carbocycles. The molecule has 3 N–H and O–H groups in total. The second-order valence-corrected chi connectivity index (χ2v) is 6.76. The lowest BCUT2D eigenvalue weighted by Crippen LogP contribution is -2.29. The van der Waals surface area contributed by atoms with E-state index in [1.54, 1.807) is 24.3 Å². The van der Waals surface area contributed by atoms with Crippen molar-refractivity contribution >= 4 is 29.1 Å². The van der Waals surface area contributed by atoms with E-state index in [-0.39, 0.29) is 36.1 Å². The number of benzene rings is 2. The van der Waals surface area contributed by atoms with E-state index in [1.807, 2.05) is 30.3 Å². The van der Waals surface area contributed by atoms with Crippen molar-refractivity contribution in [2.75, 3.05) is 10.6 Å². The Morgan fingerprint density at radius 3 is 2.07 bits per heavy atom. The maximum Gasteiger partial charge on any atom is 0.227 e. The van der Waals surface area contributed by atoms with E-state index in [2.05, 4.69) is 16.0 Å². The summed E-state index contributed by atoms with van der Waals surface area (Å²) in [5.74, 6) is -0.194. The number of hydrogen-bond acceptors (Lipinski definition) is 3. The molecular formula is C21H23N3O3. The van der Waals surface area contributed by atoms with Gasteiger partial charge in [-0.15, -0.1) is 0 Å². The van der Waals surface area contributed by atoms with Crippen molar-refractivity contribution < 1.29 is 14.4 Å². The maximum atomic E-state index is 12.4. The summed E-state index contributed by atoms with van der Waals surface area (Å²) in [5, 5.41) is 8.50. The van der Waals surface area contributed by atoms with Crippen LogP contribution in [0.4, 0.5) is 11.4 Å². The van der Waals surface area contributed by atoms with E-state index in [0.717, 1.165) is 18.4 Å². The smallest absolute Gasteiger partial charge is 0.227 e. The summed E-state index contributed by atoms with van der Waals surface area (Å²) in [4.78, 5) is 35.6. The van der Waals surface area contributed by atoms with Gasteiger partial charge in [0.25, 0.3) is 0 Å². The molecule has 6 nitrogen and oxygen atoms in total. The molecule has 3 rings (SSSR count). The molecule has 0 saturated heterocycles. The first-order valence-electron chi connectivity index (χ1n) is 9.04. The number of rotatable bonds is 7. The summed E-state index contributed by atoms with van der Waals surface area (Å²) in [7, 11) is 0. The largest absolute Gasteiger partial charge is 0.349 e. The Balaban J connectivity index is 1.58. The highest BCUT2D eigenvalue weighted by Gasteiger charge is 2.29. The Labute approximate surface area is 158 Å². The van der Waals surface area contributed by atoms with Crippen LogP contribution in [0.2, 0.25) is 0 Å². The molecule has 1 unspecified atom stereocenters. The van der Waals surface area contributed by atoms with Crippen LogP contribution in [0.25, 0.3) is 0 Å². The lowest BCUT2D eigenvalue weighted by molar-refractivity contribution is -0.120. The van der Waals surface area contributed by atoms with Gasteiger partial charge in [0.05, 0.1) is 12.5 Å². The van der Waals surface area contributed by atoms with E-state index in [4.69, 9.17) is 0 Å². The molecule has 0 heterocycles. The summed E-state index contributed by atoms with van der Waals surface area (Å²) in [5.41, 5.74) is 2.23. The zero-order chi connectivity index (χ0) is 19.2. The van der Waals surface area contributed by atoms with Gasteiger partial charge >= 0.3 is 0 Å². The highest BCUT2D eigenvalue weighted by atomic mass is 16.2. The van der Waals surface area contributed by atoms with E-state index in [1.165, 1.54) is 6.92 Å². The van der Waals surface area contributed by atoms with Crippen molar-refractivity contribution in [1.29, 1.82) is 0 Å². The molecule has 0 spiro atoms. The molecule has 0 aromatic heterocycles. The minimum Gasteiger partial charge on any atom is -0.349 e. The van der Waals surface area contributed by atoms with Crippen molar-refractivity contribution in [1.82, 2.24) is 5.32 Å². The quantitative estimate of drug-likeness (QED) is 0.704. The van der Waals surface area contributed by atoms with Crippen LogP contribution in [0.15, 0.2) is 54.6 Å². The van der Waals surface area contributed by atoms with Crippen molar-refractivity contribution in [2.45, 2.75) is 32.2 Å². The van der Waals surface area contributed by atoms with Crippen molar-refractivity contribution in [3.05, 3.63) is 60.2 Å². The molecule has 1 fully saturated rings. The van der Waals surface area contributed by atoms with E-state index in [9.17, 15) is 14.4 Å². The lowest BCUT2D eigenvalue weighted by atomic mass is 10.0. The first-order valence-corrected chi connectivity index (χ1v) is 9.04. The fourth-order valence-corrected chi connectivity index (χ4v) is 2.81. The Hall–Kier alpha value is -3.15. The third-order valence-electron chi connectivity index (χ3n) is 4.35. The minimum absolute atomic E-state index is 0.0489. The average Bonchev–Trinajstić information content (AvgIpc) is 3.48.